The summed E-state index contributed by atoms with van der Waals surface area (Å²) in [6.07, 6.45) is 0.408. The maximum absolute atomic E-state index is 11.2. The van der Waals surface area contributed by atoms with Crippen molar-refractivity contribution in [3.63, 3.8) is 0 Å². The standard InChI is InChI=1S/C9H20N4O2/c1-6(2)12-9(14)5-11-7(3)4-8(10)13-15/h6-7,11,15H,4-5H2,1-3H3,(H2,10,13)(H,12,14). The summed E-state index contributed by atoms with van der Waals surface area (Å²) in [7, 11) is 0. The predicted molar refractivity (Wildman–Crippen MR) is 58.8 cm³/mol. The summed E-state index contributed by atoms with van der Waals surface area (Å²) in [5.74, 6) is 0.0932. The Morgan fingerprint density at radius 2 is 2.07 bits per heavy atom. The Morgan fingerprint density at radius 1 is 1.47 bits per heavy atom. The minimum Gasteiger partial charge on any atom is -0.409 e. The predicted octanol–water partition coefficient (Wildman–Crippen LogP) is -0.374. The molecule has 0 aromatic heterocycles. The van der Waals surface area contributed by atoms with Crippen LogP contribution in [0.25, 0.3) is 0 Å². The number of carbonyl (C=O) groups is 1. The van der Waals surface area contributed by atoms with E-state index in [9.17, 15) is 4.79 Å². The smallest absolute Gasteiger partial charge is 0.234 e. The van der Waals surface area contributed by atoms with Crippen molar-refractivity contribution in [1.82, 2.24) is 10.6 Å². The number of amides is 1. The van der Waals surface area contributed by atoms with Crippen molar-refractivity contribution in [1.29, 1.82) is 0 Å². The van der Waals surface area contributed by atoms with E-state index in [1.165, 1.54) is 0 Å². The second-order valence-corrected chi connectivity index (χ2v) is 3.80. The van der Waals surface area contributed by atoms with E-state index in [4.69, 9.17) is 10.9 Å². The van der Waals surface area contributed by atoms with Gasteiger partial charge in [0.25, 0.3) is 0 Å². The Hall–Kier alpha value is -1.30. The molecule has 0 radical (unpaired) electrons. The molecule has 15 heavy (non-hydrogen) atoms. The third-order valence-electron chi connectivity index (χ3n) is 1.70. The molecule has 0 aliphatic heterocycles. The Kier molecular flexibility index (Phi) is 6.44. The van der Waals surface area contributed by atoms with E-state index in [0.717, 1.165) is 0 Å². The van der Waals surface area contributed by atoms with E-state index >= 15 is 0 Å². The van der Waals surface area contributed by atoms with Gasteiger partial charge in [-0.1, -0.05) is 5.16 Å². The van der Waals surface area contributed by atoms with Crippen molar-refractivity contribution in [3.05, 3.63) is 0 Å². The van der Waals surface area contributed by atoms with Gasteiger partial charge < -0.3 is 21.6 Å². The average molecular weight is 216 g/mol. The van der Waals surface area contributed by atoms with Gasteiger partial charge in [0.2, 0.25) is 5.91 Å². The lowest BCUT2D eigenvalue weighted by atomic mass is 10.2. The van der Waals surface area contributed by atoms with Crippen molar-refractivity contribution in [2.75, 3.05) is 6.54 Å². The summed E-state index contributed by atoms with van der Waals surface area (Å²) in [6, 6.07) is 0.137. The molecule has 1 atom stereocenters. The monoisotopic (exact) mass is 216 g/mol. The summed E-state index contributed by atoms with van der Waals surface area (Å²) in [5, 5.41) is 16.9. The van der Waals surface area contributed by atoms with Crippen LogP contribution >= 0.6 is 0 Å². The lowest BCUT2D eigenvalue weighted by molar-refractivity contribution is -0.120. The van der Waals surface area contributed by atoms with E-state index in [1.807, 2.05) is 20.8 Å². The molecule has 0 saturated heterocycles. The first-order chi connectivity index (χ1) is 6.95. The third-order valence-corrected chi connectivity index (χ3v) is 1.70. The zero-order valence-electron chi connectivity index (χ0n) is 9.45. The SMILES string of the molecule is CC(C)NC(=O)CNC(C)CC(N)=NO. The number of oxime groups is 1. The molecule has 0 aliphatic rings. The topological polar surface area (TPSA) is 99.7 Å². The molecule has 6 nitrogen and oxygen atoms in total. The van der Waals surface area contributed by atoms with Crippen LogP contribution in [0.15, 0.2) is 5.16 Å². The first-order valence-electron chi connectivity index (χ1n) is 4.94. The molecule has 6 heteroatoms. The van der Waals surface area contributed by atoms with E-state index < -0.39 is 0 Å². The highest BCUT2D eigenvalue weighted by Gasteiger charge is 2.07. The number of hydrogen-bond acceptors (Lipinski definition) is 4. The highest BCUT2D eigenvalue weighted by molar-refractivity contribution is 5.80. The molecule has 0 aliphatic carbocycles. The zero-order chi connectivity index (χ0) is 11.8. The fourth-order valence-electron chi connectivity index (χ4n) is 1.07. The number of carbonyl (C=O) groups excluding carboxylic acids is 1. The molecule has 0 rings (SSSR count). The molecule has 0 bridgehead atoms. The molecule has 1 amide bonds. The molecule has 5 N–H and O–H groups in total. The highest BCUT2D eigenvalue weighted by atomic mass is 16.4. The minimum absolute atomic E-state index is 0.00110. The number of rotatable bonds is 6. The second kappa shape index (κ2) is 7.05. The number of nitrogens with two attached hydrogens (primary N) is 1. The van der Waals surface area contributed by atoms with Gasteiger partial charge in [-0.05, 0) is 20.8 Å². The van der Waals surface area contributed by atoms with Crippen LogP contribution in [-0.4, -0.2) is 35.6 Å². The maximum Gasteiger partial charge on any atom is 0.234 e. The quantitative estimate of drug-likeness (QED) is 0.210. The lowest BCUT2D eigenvalue weighted by Crippen LogP contribution is -2.41. The van der Waals surface area contributed by atoms with Crippen LogP contribution in [0.2, 0.25) is 0 Å². The summed E-state index contributed by atoms with van der Waals surface area (Å²) in [5.41, 5.74) is 5.32. The van der Waals surface area contributed by atoms with Gasteiger partial charge in [-0.25, -0.2) is 0 Å². The molecule has 0 aromatic carbocycles. The number of hydrogen-bond donors (Lipinski definition) is 4. The number of amidine groups is 1. The summed E-state index contributed by atoms with van der Waals surface area (Å²) >= 11 is 0. The molecule has 0 saturated carbocycles. The van der Waals surface area contributed by atoms with Crippen molar-refractivity contribution < 1.29 is 10.0 Å². The fourth-order valence-corrected chi connectivity index (χ4v) is 1.07. The van der Waals surface area contributed by atoms with Gasteiger partial charge in [-0.3, -0.25) is 4.79 Å². The molecule has 88 valence electrons. The fraction of sp³-hybridized carbons (Fsp3) is 0.778. The van der Waals surface area contributed by atoms with Crippen molar-refractivity contribution >= 4 is 11.7 Å². The van der Waals surface area contributed by atoms with E-state index in [2.05, 4.69) is 15.8 Å². The first-order valence-corrected chi connectivity index (χ1v) is 4.94. The van der Waals surface area contributed by atoms with Crippen molar-refractivity contribution in [2.24, 2.45) is 10.9 Å². The van der Waals surface area contributed by atoms with Gasteiger partial charge in [-0.2, -0.15) is 0 Å². The largest absolute Gasteiger partial charge is 0.409 e. The number of nitrogens with zero attached hydrogens (tertiary/aromatic N) is 1. The first kappa shape index (κ1) is 13.7. The molecular weight excluding hydrogens is 196 g/mol. The molecule has 0 fully saturated rings. The Bertz CT molecular complexity index is 228. The summed E-state index contributed by atoms with van der Waals surface area (Å²) < 4.78 is 0. The molecular formula is C9H20N4O2. The van der Waals surface area contributed by atoms with Gasteiger partial charge >= 0.3 is 0 Å². The Balaban J connectivity index is 3.71. The third kappa shape index (κ3) is 7.75. The summed E-state index contributed by atoms with van der Waals surface area (Å²) in [6.45, 7) is 5.90. The van der Waals surface area contributed by atoms with E-state index in [1.54, 1.807) is 0 Å². The van der Waals surface area contributed by atoms with Gasteiger partial charge in [0, 0.05) is 18.5 Å². The zero-order valence-corrected chi connectivity index (χ0v) is 9.45. The molecule has 1 unspecified atom stereocenters. The second-order valence-electron chi connectivity index (χ2n) is 3.80. The molecule has 0 aromatic rings. The van der Waals surface area contributed by atoms with Crippen LogP contribution in [0, 0.1) is 0 Å². The van der Waals surface area contributed by atoms with Crippen LogP contribution in [0.3, 0.4) is 0 Å². The Labute approximate surface area is 89.9 Å². The van der Waals surface area contributed by atoms with Crippen LogP contribution in [0.5, 0.6) is 0 Å². The van der Waals surface area contributed by atoms with Gasteiger partial charge in [-0.15, -0.1) is 0 Å². The van der Waals surface area contributed by atoms with E-state index in [-0.39, 0.29) is 30.4 Å². The molecule has 0 spiro atoms. The average Bonchev–Trinajstić information content (AvgIpc) is 2.13. The lowest BCUT2D eigenvalue weighted by Gasteiger charge is -2.13. The van der Waals surface area contributed by atoms with Gasteiger partial charge in [0.1, 0.15) is 5.84 Å². The Morgan fingerprint density at radius 3 is 2.53 bits per heavy atom. The molecule has 0 heterocycles. The van der Waals surface area contributed by atoms with Crippen LogP contribution in [-0.2, 0) is 4.79 Å². The maximum atomic E-state index is 11.2. The highest BCUT2D eigenvalue weighted by Crippen LogP contribution is 1.89. The van der Waals surface area contributed by atoms with Gasteiger partial charge in [0.15, 0.2) is 0 Å². The number of nitrogens with one attached hydrogen (secondary N) is 2. The minimum atomic E-state index is -0.0589. The van der Waals surface area contributed by atoms with Crippen LogP contribution in [0.4, 0.5) is 0 Å². The van der Waals surface area contributed by atoms with Crippen LogP contribution < -0.4 is 16.4 Å². The van der Waals surface area contributed by atoms with E-state index in [0.29, 0.717) is 6.42 Å². The van der Waals surface area contributed by atoms with Crippen molar-refractivity contribution in [3.8, 4) is 0 Å². The van der Waals surface area contributed by atoms with Gasteiger partial charge in [0.05, 0.1) is 6.54 Å². The van der Waals surface area contributed by atoms with Crippen LogP contribution in [0.1, 0.15) is 27.2 Å². The van der Waals surface area contributed by atoms with Crippen molar-refractivity contribution in [2.45, 2.75) is 39.3 Å². The normalized spacial score (nSPS) is 14.0. The summed E-state index contributed by atoms with van der Waals surface area (Å²) in [4.78, 5) is 11.2.